The van der Waals surface area contributed by atoms with Gasteiger partial charge < -0.3 is 28.9 Å². The highest BCUT2D eigenvalue weighted by molar-refractivity contribution is 6.75. The van der Waals surface area contributed by atoms with Crippen LogP contribution >= 0.6 is 0 Å². The molecule has 4 atom stereocenters. The molecule has 0 radical (unpaired) electrons. The van der Waals surface area contributed by atoms with E-state index < -0.39 is 55.5 Å². The van der Waals surface area contributed by atoms with Gasteiger partial charge in [0.1, 0.15) is 23.8 Å². The van der Waals surface area contributed by atoms with Crippen LogP contribution in [0.3, 0.4) is 0 Å². The number of carboxylic acids is 1. The fourth-order valence-corrected chi connectivity index (χ4v) is 8.25. The fourth-order valence-electron chi connectivity index (χ4n) is 4.63. The highest BCUT2D eigenvalue weighted by atomic mass is 28.4. The van der Waals surface area contributed by atoms with Crippen molar-refractivity contribution < 1.29 is 27.9 Å². The highest BCUT2D eigenvalue weighted by Gasteiger charge is 2.55. The lowest BCUT2D eigenvalue weighted by Gasteiger charge is -2.44. The van der Waals surface area contributed by atoms with Crippen LogP contribution in [-0.4, -0.2) is 90.2 Å². The van der Waals surface area contributed by atoms with Gasteiger partial charge >= 0.3 is 5.97 Å². The Hall–Kier alpha value is -2.48. The van der Waals surface area contributed by atoms with Crippen molar-refractivity contribution in [2.75, 3.05) is 12.3 Å². The Bertz CT molecular complexity index is 1640. The van der Waals surface area contributed by atoms with Crippen LogP contribution in [0.25, 0.3) is 17.1 Å². The van der Waals surface area contributed by atoms with E-state index in [-0.39, 0.29) is 32.4 Å². The van der Waals surface area contributed by atoms with Gasteiger partial charge in [-0.05, 0) is 54.4 Å². The van der Waals surface area contributed by atoms with Crippen LogP contribution in [0.15, 0.2) is 18.7 Å². The van der Waals surface area contributed by atoms with Gasteiger partial charge in [0.2, 0.25) is 0 Å². The molecule has 1 saturated heterocycles. The molecule has 13 nitrogen and oxygen atoms in total. The third-order valence-corrected chi connectivity index (χ3v) is 24.4. The smallest absolute Gasteiger partial charge is 0.338 e. The summed E-state index contributed by atoms with van der Waals surface area (Å²) >= 11 is 0. The zero-order chi connectivity index (χ0) is 36.4. The number of carbonyl (C=O) groups is 1. The van der Waals surface area contributed by atoms with Crippen molar-refractivity contribution in [2.45, 2.75) is 141 Å². The van der Waals surface area contributed by atoms with E-state index in [0.717, 1.165) is 0 Å². The minimum atomic E-state index is -2.39. The zero-order valence-electron chi connectivity index (χ0n) is 31.5. The van der Waals surface area contributed by atoms with Gasteiger partial charge in [-0.1, -0.05) is 62.3 Å². The molecular formula is C32H57N7O6Si3. The van der Waals surface area contributed by atoms with E-state index in [4.69, 9.17) is 28.7 Å². The first-order valence-electron chi connectivity index (χ1n) is 16.6. The molecule has 0 aliphatic carbocycles. The molecule has 0 bridgehead atoms. The topological polar surface area (TPSA) is 162 Å². The number of hydrogen-bond acceptors (Lipinski definition) is 10. The second-order valence-corrected chi connectivity index (χ2v) is 31.9. The van der Waals surface area contributed by atoms with Crippen LogP contribution in [0.4, 0.5) is 5.82 Å². The first-order chi connectivity index (χ1) is 21.7. The average molecular weight is 720 g/mol. The van der Waals surface area contributed by atoms with E-state index in [0.29, 0.717) is 17.8 Å². The van der Waals surface area contributed by atoms with Gasteiger partial charge in [0.05, 0.1) is 24.7 Å². The summed E-state index contributed by atoms with van der Waals surface area (Å²) in [6.07, 6.45) is 2.16. The summed E-state index contributed by atoms with van der Waals surface area (Å²) < 4.78 is 31.5. The van der Waals surface area contributed by atoms with Crippen molar-refractivity contribution in [3.05, 3.63) is 24.3 Å². The summed E-state index contributed by atoms with van der Waals surface area (Å²) in [4.78, 5) is 25.3. The predicted molar refractivity (Wildman–Crippen MR) is 195 cm³/mol. The summed E-state index contributed by atoms with van der Waals surface area (Å²) in [6, 6.07) is 0. The van der Waals surface area contributed by atoms with Gasteiger partial charge in [0.25, 0.3) is 5.95 Å². The van der Waals surface area contributed by atoms with Crippen molar-refractivity contribution >= 4 is 47.9 Å². The lowest BCUT2D eigenvalue weighted by Crippen LogP contribution is -2.54. The van der Waals surface area contributed by atoms with E-state index in [2.05, 4.69) is 117 Å². The maximum Gasteiger partial charge on any atom is 0.338 e. The summed E-state index contributed by atoms with van der Waals surface area (Å²) in [7, 11) is -6.89. The van der Waals surface area contributed by atoms with Gasteiger partial charge in [-0.3, -0.25) is 4.57 Å². The number of imidazole rings is 1. The number of ether oxygens (including phenoxy) is 1. The molecule has 1 aliphatic rings. The minimum Gasteiger partial charge on any atom is -0.478 e. The monoisotopic (exact) mass is 719 g/mol. The van der Waals surface area contributed by atoms with Crippen molar-refractivity contribution in [1.29, 1.82) is 0 Å². The molecule has 16 heteroatoms. The summed E-state index contributed by atoms with van der Waals surface area (Å²) in [5.41, 5.74) is 7.21. The number of carboxylic acid groups (broad SMARTS) is 1. The number of aromatic nitrogens is 6. The number of nitrogen functional groups attached to an aromatic ring is 1. The van der Waals surface area contributed by atoms with Crippen molar-refractivity contribution in [2.24, 2.45) is 0 Å². The SMILES string of the molecule is CC(C)(C)[Si](C)(C)OC[C@H]1O[C@@H](n2cnc3c(N)nc(-n4cc(C(=O)O)cn4)nc32)[C@H](O[Si](C)(C)C(C)(C)C)[C@@H]1O[Si](C)(C)C(C)(C)C. The van der Waals surface area contributed by atoms with Gasteiger partial charge in [-0.2, -0.15) is 15.1 Å². The maximum atomic E-state index is 11.5. The van der Waals surface area contributed by atoms with Crippen molar-refractivity contribution in [3.63, 3.8) is 0 Å². The third-order valence-electron chi connectivity index (χ3n) is 10.9. The number of nitrogens with zero attached hydrogens (tertiary/aromatic N) is 6. The normalized spacial score (nSPS) is 21.7. The molecular weight excluding hydrogens is 663 g/mol. The van der Waals surface area contributed by atoms with Crippen molar-refractivity contribution in [1.82, 2.24) is 29.3 Å². The molecule has 3 N–H and O–H groups in total. The summed E-state index contributed by atoms with van der Waals surface area (Å²) in [5.74, 6) is -0.863. The zero-order valence-corrected chi connectivity index (χ0v) is 34.5. The van der Waals surface area contributed by atoms with E-state index in [1.165, 1.54) is 17.1 Å². The number of nitrogens with two attached hydrogens (primary N) is 1. The molecule has 3 aromatic rings. The van der Waals surface area contributed by atoms with Crippen LogP contribution in [0, 0.1) is 0 Å². The number of aromatic carboxylic acids is 1. The first kappa shape index (κ1) is 38.3. The Morgan fingerprint density at radius 1 is 0.896 bits per heavy atom. The second kappa shape index (κ2) is 12.7. The fraction of sp³-hybridized carbons (Fsp3) is 0.719. The Morgan fingerprint density at radius 2 is 1.44 bits per heavy atom. The van der Waals surface area contributed by atoms with Crippen LogP contribution in [0.1, 0.15) is 78.9 Å². The third kappa shape index (κ3) is 7.49. The Morgan fingerprint density at radius 3 is 1.94 bits per heavy atom. The van der Waals surface area contributed by atoms with E-state index in [1.807, 2.05) is 4.57 Å². The molecule has 268 valence electrons. The van der Waals surface area contributed by atoms with E-state index in [1.54, 1.807) is 6.33 Å². The van der Waals surface area contributed by atoms with Crippen LogP contribution in [0.2, 0.25) is 54.4 Å². The van der Waals surface area contributed by atoms with E-state index in [9.17, 15) is 9.90 Å². The van der Waals surface area contributed by atoms with Crippen LogP contribution in [-0.2, 0) is 18.0 Å². The highest BCUT2D eigenvalue weighted by Crippen LogP contribution is 2.47. The molecule has 1 aliphatic heterocycles. The molecule has 1 fully saturated rings. The van der Waals surface area contributed by atoms with Crippen LogP contribution < -0.4 is 5.73 Å². The predicted octanol–water partition coefficient (Wildman–Crippen LogP) is 6.99. The number of fused-ring (bicyclic) bond motifs is 1. The lowest BCUT2D eigenvalue weighted by molar-refractivity contribution is -0.0470. The molecule has 0 spiro atoms. The number of rotatable bonds is 10. The van der Waals surface area contributed by atoms with Gasteiger partial charge in [0, 0.05) is 6.20 Å². The first-order valence-corrected chi connectivity index (χ1v) is 25.3. The molecule has 48 heavy (non-hydrogen) atoms. The summed E-state index contributed by atoms with van der Waals surface area (Å²) in [6.45, 7) is 33.8. The van der Waals surface area contributed by atoms with Crippen molar-refractivity contribution in [3.8, 4) is 5.95 Å². The second-order valence-electron chi connectivity index (χ2n) is 17.5. The Balaban J connectivity index is 1.89. The quantitative estimate of drug-likeness (QED) is 0.208. The maximum absolute atomic E-state index is 11.5. The molecule has 0 unspecified atom stereocenters. The molecule has 0 saturated carbocycles. The number of hydrogen-bond donors (Lipinski definition) is 2. The Kier molecular flexibility index (Phi) is 10.1. The minimum absolute atomic E-state index is 0.00271. The molecule has 4 heterocycles. The Labute approximate surface area is 288 Å². The lowest BCUT2D eigenvalue weighted by atomic mass is 10.1. The molecule has 0 aromatic carbocycles. The molecule has 0 amide bonds. The van der Waals surface area contributed by atoms with Crippen LogP contribution in [0.5, 0.6) is 0 Å². The standard InChI is InChI=1S/C32H57N7O6Si3/c1-30(2,3)46(10,11)42-18-21-23(44-47(12,13)31(4,5)6)24(45-48(14,15)32(7,8)9)27(43-21)38-19-34-22-25(33)36-29(37-26(22)38)39-17-20(16-35-39)28(40)41/h16-17,19,21,23-24,27H,18H2,1-15H3,(H,40,41)(H2,33,36,37)/t21-,23-,24-,27-/m1/s1. The summed E-state index contributed by atoms with van der Waals surface area (Å²) in [5, 5.41) is 13.5. The molecule has 4 rings (SSSR count). The van der Waals surface area contributed by atoms with Gasteiger partial charge in [-0.25, -0.2) is 14.5 Å². The van der Waals surface area contributed by atoms with E-state index >= 15 is 0 Å². The molecule has 3 aromatic heterocycles. The van der Waals surface area contributed by atoms with Gasteiger partial charge in [-0.15, -0.1) is 0 Å². The number of anilines is 1. The van der Waals surface area contributed by atoms with Gasteiger partial charge in [0.15, 0.2) is 42.6 Å². The largest absolute Gasteiger partial charge is 0.478 e. The average Bonchev–Trinajstić information content (AvgIpc) is 3.64.